The smallest absolute Gasteiger partial charge is 0.277 e. The Morgan fingerprint density at radius 3 is 2.60 bits per heavy atom. The van der Waals surface area contributed by atoms with Gasteiger partial charge in [-0.2, -0.15) is 5.10 Å². The standard InChI is InChI=1S/C18H18Br2N2O3/c1-10-4-12(3)18(15(20)5-10)25-9-16(23)22-21-8-13-7-14(19)6-11(2)17(13)24/h4-8,24H,9H2,1-3H3,(H,22,23)/b21-8+. The Labute approximate surface area is 163 Å². The van der Waals surface area contributed by atoms with Gasteiger partial charge in [-0.1, -0.05) is 22.0 Å². The van der Waals surface area contributed by atoms with Gasteiger partial charge in [0.15, 0.2) is 6.61 Å². The lowest BCUT2D eigenvalue weighted by Crippen LogP contribution is -2.24. The molecule has 0 fully saturated rings. The van der Waals surface area contributed by atoms with E-state index >= 15 is 0 Å². The van der Waals surface area contributed by atoms with Crippen molar-refractivity contribution in [3.05, 3.63) is 55.5 Å². The molecule has 0 aliphatic carbocycles. The maximum Gasteiger partial charge on any atom is 0.277 e. The van der Waals surface area contributed by atoms with Gasteiger partial charge in [0, 0.05) is 10.0 Å². The van der Waals surface area contributed by atoms with E-state index in [9.17, 15) is 9.90 Å². The van der Waals surface area contributed by atoms with E-state index in [1.54, 1.807) is 19.1 Å². The van der Waals surface area contributed by atoms with Crippen LogP contribution < -0.4 is 10.2 Å². The first-order valence-electron chi connectivity index (χ1n) is 7.48. The predicted octanol–water partition coefficient (Wildman–Crippen LogP) is 4.37. The molecule has 1 amide bonds. The van der Waals surface area contributed by atoms with Crippen molar-refractivity contribution in [2.24, 2.45) is 5.10 Å². The van der Waals surface area contributed by atoms with E-state index in [0.29, 0.717) is 16.9 Å². The molecule has 2 aromatic rings. The topological polar surface area (TPSA) is 70.9 Å². The number of phenols is 1. The van der Waals surface area contributed by atoms with Crippen molar-refractivity contribution in [3.63, 3.8) is 0 Å². The second-order valence-electron chi connectivity index (χ2n) is 5.64. The number of carbonyl (C=O) groups is 1. The number of amides is 1. The Balaban J connectivity index is 1.96. The zero-order valence-electron chi connectivity index (χ0n) is 14.1. The van der Waals surface area contributed by atoms with Crippen molar-refractivity contribution in [1.82, 2.24) is 5.43 Å². The zero-order chi connectivity index (χ0) is 18.6. The van der Waals surface area contributed by atoms with Gasteiger partial charge in [-0.3, -0.25) is 4.79 Å². The van der Waals surface area contributed by atoms with E-state index in [4.69, 9.17) is 4.74 Å². The van der Waals surface area contributed by atoms with Crippen LogP contribution in [-0.4, -0.2) is 23.8 Å². The number of ether oxygens (including phenoxy) is 1. The first kappa shape index (κ1) is 19.5. The average molecular weight is 470 g/mol. The van der Waals surface area contributed by atoms with Crippen LogP contribution >= 0.6 is 31.9 Å². The van der Waals surface area contributed by atoms with Crippen molar-refractivity contribution in [1.29, 1.82) is 0 Å². The van der Waals surface area contributed by atoms with Crippen LogP contribution in [0.2, 0.25) is 0 Å². The van der Waals surface area contributed by atoms with Gasteiger partial charge in [0.25, 0.3) is 5.91 Å². The van der Waals surface area contributed by atoms with E-state index in [0.717, 1.165) is 20.1 Å². The quantitative estimate of drug-likeness (QED) is 0.504. The number of rotatable bonds is 5. The molecule has 2 aromatic carbocycles. The summed E-state index contributed by atoms with van der Waals surface area (Å²) in [6.45, 7) is 5.53. The van der Waals surface area contributed by atoms with Crippen molar-refractivity contribution < 1.29 is 14.6 Å². The molecule has 0 heterocycles. The van der Waals surface area contributed by atoms with E-state index < -0.39 is 5.91 Å². The van der Waals surface area contributed by atoms with Crippen molar-refractivity contribution in [2.75, 3.05) is 6.61 Å². The summed E-state index contributed by atoms with van der Waals surface area (Å²) in [7, 11) is 0. The van der Waals surface area contributed by atoms with Crippen LogP contribution in [0.4, 0.5) is 0 Å². The van der Waals surface area contributed by atoms with Gasteiger partial charge in [-0.15, -0.1) is 0 Å². The minimum absolute atomic E-state index is 0.122. The van der Waals surface area contributed by atoms with Gasteiger partial charge < -0.3 is 9.84 Å². The molecule has 0 saturated carbocycles. The molecule has 0 saturated heterocycles. The molecule has 0 radical (unpaired) electrons. The van der Waals surface area contributed by atoms with Gasteiger partial charge in [0.1, 0.15) is 11.5 Å². The van der Waals surface area contributed by atoms with Crippen molar-refractivity contribution in [2.45, 2.75) is 20.8 Å². The summed E-state index contributed by atoms with van der Waals surface area (Å²) in [5.74, 6) is 0.357. The third kappa shape index (κ3) is 5.31. The Kier molecular flexibility index (Phi) is 6.61. The van der Waals surface area contributed by atoms with Gasteiger partial charge in [0.05, 0.1) is 10.7 Å². The first-order valence-corrected chi connectivity index (χ1v) is 9.07. The molecule has 0 unspecified atom stereocenters. The molecule has 7 heteroatoms. The fraction of sp³-hybridized carbons (Fsp3) is 0.222. The molecule has 132 valence electrons. The van der Waals surface area contributed by atoms with Gasteiger partial charge in [-0.05, 0) is 71.6 Å². The number of nitrogens with one attached hydrogen (secondary N) is 1. The summed E-state index contributed by atoms with van der Waals surface area (Å²) >= 11 is 6.79. The van der Waals surface area contributed by atoms with Crippen LogP contribution in [0.5, 0.6) is 11.5 Å². The molecule has 2 N–H and O–H groups in total. The highest BCUT2D eigenvalue weighted by molar-refractivity contribution is 9.10. The molecule has 2 rings (SSSR count). The number of phenolic OH excluding ortho intramolecular Hbond substituents is 1. The summed E-state index contributed by atoms with van der Waals surface area (Å²) in [6.07, 6.45) is 1.39. The Hall–Kier alpha value is -1.86. The fourth-order valence-electron chi connectivity index (χ4n) is 2.29. The number of hydrogen-bond donors (Lipinski definition) is 2. The zero-order valence-corrected chi connectivity index (χ0v) is 17.2. The van der Waals surface area contributed by atoms with Crippen LogP contribution in [0.1, 0.15) is 22.3 Å². The minimum atomic E-state index is -0.394. The Morgan fingerprint density at radius 1 is 1.20 bits per heavy atom. The Bertz CT molecular complexity index is 812. The normalized spacial score (nSPS) is 10.9. The van der Waals surface area contributed by atoms with Crippen LogP contribution in [0, 0.1) is 20.8 Å². The second kappa shape index (κ2) is 8.49. The maximum absolute atomic E-state index is 11.9. The highest BCUT2D eigenvalue weighted by Gasteiger charge is 2.09. The van der Waals surface area contributed by atoms with Crippen molar-refractivity contribution >= 4 is 44.0 Å². The van der Waals surface area contributed by atoms with Gasteiger partial charge in [0.2, 0.25) is 0 Å². The van der Waals surface area contributed by atoms with Gasteiger partial charge >= 0.3 is 0 Å². The SMILES string of the molecule is Cc1cc(C)c(OCC(=O)N/N=C/c2cc(Br)cc(C)c2O)c(Br)c1. The van der Waals surface area contributed by atoms with E-state index in [2.05, 4.69) is 42.4 Å². The monoisotopic (exact) mass is 468 g/mol. The number of aromatic hydroxyl groups is 1. The van der Waals surface area contributed by atoms with Gasteiger partial charge in [-0.25, -0.2) is 5.43 Å². The molecule has 0 aliphatic heterocycles. The largest absolute Gasteiger partial charge is 0.507 e. The third-order valence-electron chi connectivity index (χ3n) is 3.41. The van der Waals surface area contributed by atoms with Crippen LogP contribution in [0.3, 0.4) is 0 Å². The van der Waals surface area contributed by atoms with Crippen LogP contribution in [-0.2, 0) is 4.79 Å². The van der Waals surface area contributed by atoms with E-state index in [-0.39, 0.29) is 12.4 Å². The number of aryl methyl sites for hydroxylation is 3. The molecule has 0 bridgehead atoms. The number of hydrazone groups is 1. The first-order chi connectivity index (χ1) is 11.8. The summed E-state index contributed by atoms with van der Waals surface area (Å²) in [5, 5.41) is 13.8. The lowest BCUT2D eigenvalue weighted by atomic mass is 10.1. The second-order valence-corrected chi connectivity index (χ2v) is 7.41. The number of hydrogen-bond acceptors (Lipinski definition) is 4. The van der Waals surface area contributed by atoms with E-state index in [1.165, 1.54) is 6.21 Å². The summed E-state index contributed by atoms with van der Waals surface area (Å²) in [4.78, 5) is 11.9. The number of benzene rings is 2. The molecule has 0 atom stereocenters. The maximum atomic E-state index is 11.9. The molecule has 0 spiro atoms. The van der Waals surface area contributed by atoms with Crippen LogP contribution in [0.25, 0.3) is 0 Å². The van der Waals surface area contributed by atoms with E-state index in [1.807, 2.05) is 26.0 Å². The summed E-state index contributed by atoms with van der Waals surface area (Å²) < 4.78 is 7.18. The predicted molar refractivity (Wildman–Crippen MR) is 105 cm³/mol. The molecule has 5 nitrogen and oxygen atoms in total. The molecule has 25 heavy (non-hydrogen) atoms. The average Bonchev–Trinajstić information content (AvgIpc) is 2.50. The van der Waals surface area contributed by atoms with Crippen LogP contribution in [0.15, 0.2) is 38.3 Å². The molecule has 0 aliphatic rings. The molecular formula is C18H18Br2N2O3. The third-order valence-corrected chi connectivity index (χ3v) is 4.46. The molecular weight excluding hydrogens is 452 g/mol. The minimum Gasteiger partial charge on any atom is -0.507 e. The fourth-order valence-corrected chi connectivity index (χ4v) is 3.67. The Morgan fingerprint density at radius 2 is 1.92 bits per heavy atom. The highest BCUT2D eigenvalue weighted by atomic mass is 79.9. The number of nitrogens with zero attached hydrogens (tertiary/aromatic N) is 1. The lowest BCUT2D eigenvalue weighted by Gasteiger charge is -2.11. The molecule has 0 aromatic heterocycles. The number of carbonyl (C=O) groups excluding carboxylic acids is 1. The van der Waals surface area contributed by atoms with Crippen molar-refractivity contribution in [3.8, 4) is 11.5 Å². The summed E-state index contributed by atoms with van der Waals surface area (Å²) in [5.41, 5.74) is 5.65. The summed E-state index contributed by atoms with van der Waals surface area (Å²) in [6, 6.07) is 7.41. The lowest BCUT2D eigenvalue weighted by molar-refractivity contribution is -0.123. The highest BCUT2D eigenvalue weighted by Crippen LogP contribution is 2.30. The number of halogens is 2.